The van der Waals surface area contributed by atoms with Gasteiger partial charge in [-0.15, -0.1) is 10.2 Å². The second kappa shape index (κ2) is 6.26. The zero-order valence-corrected chi connectivity index (χ0v) is 12.6. The topological polar surface area (TPSA) is 37.8 Å². The van der Waals surface area contributed by atoms with Gasteiger partial charge in [-0.2, -0.15) is 0 Å². The predicted molar refractivity (Wildman–Crippen MR) is 81.4 cm³/mol. The van der Waals surface area contributed by atoms with E-state index in [4.69, 9.17) is 0 Å². The van der Waals surface area contributed by atoms with E-state index >= 15 is 0 Å². The Morgan fingerprint density at radius 3 is 2.53 bits per heavy atom. The van der Waals surface area contributed by atoms with E-state index in [9.17, 15) is 0 Å². The minimum Gasteiger partial charge on any atom is -0.312 e. The molecule has 0 radical (unpaired) electrons. The molecular weight excluding hydrogens is 254 g/mol. The molecule has 2 aromatic rings. The first-order valence-electron chi connectivity index (χ1n) is 6.67. The maximum absolute atomic E-state index is 4.27. The van der Waals surface area contributed by atoms with Crippen LogP contribution in [0.15, 0.2) is 30.3 Å². The number of benzene rings is 1. The van der Waals surface area contributed by atoms with Gasteiger partial charge in [0.1, 0.15) is 10.0 Å². The average molecular weight is 275 g/mol. The van der Waals surface area contributed by atoms with Crippen LogP contribution in [0.1, 0.15) is 32.2 Å². The average Bonchev–Trinajstić information content (AvgIpc) is 2.83. The lowest BCUT2D eigenvalue weighted by Gasteiger charge is -2.20. The van der Waals surface area contributed by atoms with Crippen LogP contribution in [0, 0.1) is 0 Å². The first kappa shape index (κ1) is 14.2. The van der Waals surface area contributed by atoms with Gasteiger partial charge in [-0.25, -0.2) is 0 Å². The zero-order valence-electron chi connectivity index (χ0n) is 11.8. The van der Waals surface area contributed by atoms with Gasteiger partial charge in [0.05, 0.1) is 0 Å². The molecule has 0 spiro atoms. The van der Waals surface area contributed by atoms with Gasteiger partial charge in [-0.1, -0.05) is 41.7 Å². The summed E-state index contributed by atoms with van der Waals surface area (Å²) in [6.07, 6.45) is 2.09. The van der Waals surface area contributed by atoms with Crippen LogP contribution in [0.4, 0.5) is 0 Å². The van der Waals surface area contributed by atoms with Gasteiger partial charge in [-0.3, -0.25) is 0 Å². The maximum atomic E-state index is 4.27. The summed E-state index contributed by atoms with van der Waals surface area (Å²) in [5.41, 5.74) is 1.34. The Morgan fingerprint density at radius 2 is 1.84 bits per heavy atom. The lowest BCUT2D eigenvalue weighted by Crippen LogP contribution is -2.36. The number of rotatable bonds is 5. The van der Waals surface area contributed by atoms with Crippen LogP contribution in [0.5, 0.6) is 0 Å². The monoisotopic (exact) mass is 275 g/mol. The van der Waals surface area contributed by atoms with Crippen molar-refractivity contribution >= 4 is 11.3 Å². The highest BCUT2D eigenvalue weighted by Gasteiger charge is 2.09. The van der Waals surface area contributed by atoms with E-state index in [1.165, 1.54) is 0 Å². The minimum absolute atomic E-state index is 0.191. The molecule has 0 aliphatic heterocycles. The molecule has 19 heavy (non-hydrogen) atoms. The summed E-state index contributed by atoms with van der Waals surface area (Å²) in [6, 6.07) is 10.2. The number of nitrogens with one attached hydrogen (secondary N) is 1. The fraction of sp³-hybridized carbons (Fsp3) is 0.467. The van der Waals surface area contributed by atoms with Crippen LogP contribution in [0.3, 0.4) is 0 Å². The third-order valence-corrected chi connectivity index (χ3v) is 3.74. The van der Waals surface area contributed by atoms with Gasteiger partial charge in [0, 0.05) is 17.5 Å². The van der Waals surface area contributed by atoms with Crippen molar-refractivity contribution in [2.45, 2.75) is 39.2 Å². The summed E-state index contributed by atoms with van der Waals surface area (Å²) in [7, 11) is 0. The smallest absolute Gasteiger partial charge is 0.147 e. The molecule has 4 heteroatoms. The Kier molecular flexibility index (Phi) is 4.66. The molecule has 0 saturated heterocycles. The Morgan fingerprint density at radius 1 is 1.11 bits per heavy atom. The Hall–Kier alpha value is -1.26. The molecule has 3 nitrogen and oxygen atoms in total. The van der Waals surface area contributed by atoms with Gasteiger partial charge in [0.2, 0.25) is 0 Å². The molecule has 102 valence electrons. The quantitative estimate of drug-likeness (QED) is 0.848. The van der Waals surface area contributed by atoms with Crippen molar-refractivity contribution in [1.82, 2.24) is 15.5 Å². The van der Waals surface area contributed by atoms with Crippen molar-refractivity contribution in [3.8, 4) is 10.6 Å². The summed E-state index contributed by atoms with van der Waals surface area (Å²) < 4.78 is 0. The summed E-state index contributed by atoms with van der Waals surface area (Å²) in [6.45, 7) is 7.58. The van der Waals surface area contributed by atoms with E-state index in [-0.39, 0.29) is 5.54 Å². The van der Waals surface area contributed by atoms with Crippen LogP contribution >= 0.6 is 11.3 Å². The SMILES string of the molecule is CC(C)(C)NCCCc1nnc(-c2ccccc2)s1. The van der Waals surface area contributed by atoms with E-state index in [1.54, 1.807) is 11.3 Å². The molecule has 0 aliphatic carbocycles. The van der Waals surface area contributed by atoms with E-state index in [2.05, 4.69) is 48.4 Å². The standard InChI is InChI=1S/C15H21N3S/c1-15(2,3)16-11-7-10-13-17-18-14(19-13)12-8-5-4-6-9-12/h4-6,8-9,16H,7,10-11H2,1-3H3. The maximum Gasteiger partial charge on any atom is 0.147 e. The first-order chi connectivity index (χ1) is 9.04. The lowest BCUT2D eigenvalue weighted by atomic mass is 10.1. The molecular formula is C15H21N3S. The van der Waals surface area contributed by atoms with Crippen molar-refractivity contribution < 1.29 is 0 Å². The minimum atomic E-state index is 0.191. The Balaban J connectivity index is 1.85. The second-order valence-corrected chi connectivity index (χ2v) is 6.71. The normalized spacial score (nSPS) is 11.7. The molecule has 0 fully saturated rings. The van der Waals surface area contributed by atoms with Gasteiger partial charge < -0.3 is 5.32 Å². The molecule has 1 N–H and O–H groups in total. The summed E-state index contributed by atoms with van der Waals surface area (Å²) in [4.78, 5) is 0. The van der Waals surface area contributed by atoms with Crippen molar-refractivity contribution in [3.63, 3.8) is 0 Å². The van der Waals surface area contributed by atoms with Crippen LogP contribution in [0.2, 0.25) is 0 Å². The van der Waals surface area contributed by atoms with E-state index in [1.807, 2.05) is 18.2 Å². The predicted octanol–water partition coefficient (Wildman–Crippen LogP) is 3.53. The molecule has 2 rings (SSSR count). The van der Waals surface area contributed by atoms with E-state index < -0.39 is 0 Å². The van der Waals surface area contributed by atoms with Gasteiger partial charge in [-0.05, 0) is 33.7 Å². The lowest BCUT2D eigenvalue weighted by molar-refractivity contribution is 0.422. The van der Waals surface area contributed by atoms with Gasteiger partial charge in [0.15, 0.2) is 0 Å². The molecule has 0 bridgehead atoms. The largest absolute Gasteiger partial charge is 0.312 e. The van der Waals surface area contributed by atoms with E-state index in [0.29, 0.717) is 0 Å². The number of aromatic nitrogens is 2. The van der Waals surface area contributed by atoms with Crippen molar-refractivity contribution in [2.24, 2.45) is 0 Å². The van der Waals surface area contributed by atoms with Crippen LogP contribution in [0.25, 0.3) is 10.6 Å². The molecule has 0 unspecified atom stereocenters. The van der Waals surface area contributed by atoms with Crippen LogP contribution in [-0.2, 0) is 6.42 Å². The number of hydrogen-bond donors (Lipinski definition) is 1. The summed E-state index contributed by atoms with van der Waals surface area (Å²) in [5.74, 6) is 0. The van der Waals surface area contributed by atoms with Gasteiger partial charge in [0.25, 0.3) is 0 Å². The van der Waals surface area contributed by atoms with Crippen LogP contribution < -0.4 is 5.32 Å². The first-order valence-corrected chi connectivity index (χ1v) is 7.49. The Bertz CT molecular complexity index is 500. The third kappa shape index (κ3) is 4.73. The Labute approximate surface area is 119 Å². The highest BCUT2D eigenvalue weighted by molar-refractivity contribution is 7.14. The van der Waals surface area contributed by atoms with Crippen molar-refractivity contribution in [1.29, 1.82) is 0 Å². The molecule has 1 heterocycles. The molecule has 1 aromatic carbocycles. The summed E-state index contributed by atoms with van der Waals surface area (Å²) in [5, 5.41) is 14.1. The molecule has 0 saturated carbocycles. The fourth-order valence-corrected chi connectivity index (χ4v) is 2.64. The number of nitrogens with zero attached hydrogens (tertiary/aromatic N) is 2. The summed E-state index contributed by atoms with van der Waals surface area (Å²) >= 11 is 1.69. The van der Waals surface area contributed by atoms with Crippen molar-refractivity contribution in [2.75, 3.05) is 6.54 Å². The van der Waals surface area contributed by atoms with Crippen molar-refractivity contribution in [3.05, 3.63) is 35.3 Å². The highest BCUT2D eigenvalue weighted by Crippen LogP contribution is 2.23. The number of hydrogen-bond acceptors (Lipinski definition) is 4. The molecule has 0 amide bonds. The molecule has 0 aliphatic rings. The fourth-order valence-electron chi connectivity index (χ4n) is 1.76. The van der Waals surface area contributed by atoms with Crippen LogP contribution in [-0.4, -0.2) is 22.3 Å². The molecule has 1 aromatic heterocycles. The van der Waals surface area contributed by atoms with E-state index in [0.717, 1.165) is 35.0 Å². The number of aryl methyl sites for hydroxylation is 1. The molecule has 0 atom stereocenters. The highest BCUT2D eigenvalue weighted by atomic mass is 32.1. The third-order valence-electron chi connectivity index (χ3n) is 2.71. The van der Waals surface area contributed by atoms with Gasteiger partial charge >= 0.3 is 0 Å². The second-order valence-electron chi connectivity index (χ2n) is 5.65. The zero-order chi connectivity index (χ0) is 13.7.